The number of ether oxygens (including phenoxy) is 2. The summed E-state index contributed by atoms with van der Waals surface area (Å²) in [5, 5.41) is 0.448. The highest BCUT2D eigenvalue weighted by Gasteiger charge is 2.22. The summed E-state index contributed by atoms with van der Waals surface area (Å²) in [4.78, 5) is 16.2. The van der Waals surface area contributed by atoms with Gasteiger partial charge in [-0.1, -0.05) is 6.58 Å². The molecule has 0 saturated heterocycles. The van der Waals surface area contributed by atoms with E-state index in [0.717, 1.165) is 6.20 Å². The molecule has 2 rings (SSSR count). The Labute approximate surface area is 128 Å². The van der Waals surface area contributed by atoms with Gasteiger partial charge in [0.15, 0.2) is 5.82 Å². The second kappa shape index (κ2) is 5.79. The molecule has 2 heterocycles. The quantitative estimate of drug-likeness (QED) is 0.805. The van der Waals surface area contributed by atoms with Gasteiger partial charge in [0.2, 0.25) is 0 Å². The Bertz CT molecular complexity index is 729. The maximum absolute atomic E-state index is 14.0. The molecule has 2 aromatic rings. The molecule has 0 aliphatic rings. The van der Waals surface area contributed by atoms with Crippen LogP contribution in [0.3, 0.4) is 0 Å². The second-order valence-corrected chi connectivity index (χ2v) is 5.74. The fraction of sp³-hybridized carbons (Fsp3) is 0.375. The number of hydrogen-bond donors (Lipinski definition) is 0. The Morgan fingerprint density at radius 1 is 1.45 bits per heavy atom. The lowest BCUT2D eigenvalue weighted by atomic mass is 10.1. The van der Waals surface area contributed by atoms with Crippen LogP contribution in [0.4, 0.5) is 9.18 Å². The van der Waals surface area contributed by atoms with Crippen LogP contribution in [0.1, 0.15) is 33.3 Å². The van der Waals surface area contributed by atoms with Gasteiger partial charge >= 0.3 is 6.09 Å². The number of nitrogens with zero attached hydrogens (tertiary/aromatic N) is 2. The maximum atomic E-state index is 14.0. The highest BCUT2D eigenvalue weighted by atomic mass is 19.1. The lowest BCUT2D eigenvalue weighted by Crippen LogP contribution is -2.26. The third-order valence-electron chi connectivity index (χ3n) is 2.86. The van der Waals surface area contributed by atoms with Crippen LogP contribution in [-0.4, -0.2) is 27.9 Å². The van der Waals surface area contributed by atoms with Crippen molar-refractivity contribution in [1.29, 1.82) is 0 Å². The molecule has 0 aromatic carbocycles. The number of halogens is 1. The predicted molar refractivity (Wildman–Crippen MR) is 82.0 cm³/mol. The lowest BCUT2D eigenvalue weighted by Gasteiger charge is -2.19. The van der Waals surface area contributed by atoms with E-state index in [1.807, 2.05) is 0 Å². The smallest absolute Gasteiger partial charge is 0.420 e. The van der Waals surface area contributed by atoms with Crippen molar-refractivity contribution in [2.24, 2.45) is 0 Å². The number of aromatic nitrogens is 2. The normalized spacial score (nSPS) is 11.5. The fourth-order valence-corrected chi connectivity index (χ4v) is 2.05. The van der Waals surface area contributed by atoms with E-state index < -0.39 is 17.5 Å². The first-order valence-corrected chi connectivity index (χ1v) is 6.95. The summed E-state index contributed by atoms with van der Waals surface area (Å²) in [5.74, 6) is -0.345. The second-order valence-electron chi connectivity index (χ2n) is 5.74. The van der Waals surface area contributed by atoms with Crippen LogP contribution in [0, 0.1) is 5.82 Å². The molecule has 5 nitrogen and oxygen atoms in total. The molecule has 0 atom stereocenters. The molecule has 0 N–H and O–H groups in total. The first kappa shape index (κ1) is 16.0. The zero-order valence-corrected chi connectivity index (χ0v) is 13.1. The zero-order chi connectivity index (χ0) is 16.5. The molecule has 0 aliphatic heterocycles. The minimum atomic E-state index is -0.633. The highest BCUT2D eigenvalue weighted by Crippen LogP contribution is 2.27. The summed E-state index contributed by atoms with van der Waals surface area (Å²) in [7, 11) is 0. The van der Waals surface area contributed by atoms with Crippen molar-refractivity contribution in [2.45, 2.75) is 33.3 Å². The Morgan fingerprint density at radius 2 is 2.14 bits per heavy atom. The van der Waals surface area contributed by atoms with Gasteiger partial charge < -0.3 is 9.47 Å². The SMILES string of the molecule is C=C(OCC)c1c(F)cnc2c1ccn2C(=O)OC(C)(C)C. The zero-order valence-electron chi connectivity index (χ0n) is 13.1. The van der Waals surface area contributed by atoms with Crippen LogP contribution >= 0.6 is 0 Å². The summed E-state index contributed by atoms with van der Waals surface area (Å²) in [6, 6.07) is 1.59. The largest absolute Gasteiger partial charge is 0.494 e. The molecule has 2 aromatic heterocycles. The van der Waals surface area contributed by atoms with E-state index in [-0.39, 0.29) is 11.3 Å². The molecule has 0 aliphatic carbocycles. The van der Waals surface area contributed by atoms with Crippen LogP contribution < -0.4 is 0 Å². The van der Waals surface area contributed by atoms with Crippen molar-refractivity contribution in [3.8, 4) is 0 Å². The first-order chi connectivity index (χ1) is 10.2. The molecular weight excluding hydrogens is 287 g/mol. The number of pyridine rings is 1. The van der Waals surface area contributed by atoms with Gasteiger partial charge in [-0.25, -0.2) is 18.7 Å². The summed E-state index contributed by atoms with van der Waals surface area (Å²) in [6.45, 7) is 11.2. The molecule has 0 radical (unpaired) electrons. The molecule has 118 valence electrons. The molecular formula is C16H19FN2O3. The van der Waals surface area contributed by atoms with Crippen molar-refractivity contribution >= 4 is 22.9 Å². The Balaban J connectivity index is 2.52. The van der Waals surface area contributed by atoms with E-state index >= 15 is 0 Å². The summed E-state index contributed by atoms with van der Waals surface area (Å²) in [6.07, 6.45) is 1.96. The predicted octanol–water partition coefficient (Wildman–Crippen LogP) is 3.97. The van der Waals surface area contributed by atoms with Crippen LogP contribution in [0.2, 0.25) is 0 Å². The van der Waals surface area contributed by atoms with Crippen molar-refractivity contribution in [3.05, 3.63) is 36.4 Å². The number of hydrogen-bond acceptors (Lipinski definition) is 4. The van der Waals surface area contributed by atoms with Crippen LogP contribution in [-0.2, 0) is 9.47 Å². The highest BCUT2D eigenvalue weighted by molar-refractivity contribution is 5.93. The van der Waals surface area contributed by atoms with Gasteiger partial charge in [0.1, 0.15) is 17.0 Å². The van der Waals surface area contributed by atoms with Crippen molar-refractivity contribution in [2.75, 3.05) is 6.61 Å². The van der Waals surface area contributed by atoms with E-state index in [2.05, 4.69) is 11.6 Å². The van der Waals surface area contributed by atoms with Crippen molar-refractivity contribution in [3.63, 3.8) is 0 Å². The Hall–Kier alpha value is -2.37. The average molecular weight is 306 g/mol. The third kappa shape index (κ3) is 3.10. The molecule has 0 saturated carbocycles. The average Bonchev–Trinajstić information content (AvgIpc) is 2.80. The van der Waals surface area contributed by atoms with Crippen LogP contribution in [0.15, 0.2) is 25.0 Å². The van der Waals surface area contributed by atoms with E-state index in [1.54, 1.807) is 33.8 Å². The van der Waals surface area contributed by atoms with Gasteiger partial charge in [-0.2, -0.15) is 0 Å². The third-order valence-corrected chi connectivity index (χ3v) is 2.86. The molecule has 0 bridgehead atoms. The molecule has 6 heteroatoms. The van der Waals surface area contributed by atoms with Gasteiger partial charge in [0, 0.05) is 11.6 Å². The first-order valence-electron chi connectivity index (χ1n) is 6.95. The van der Waals surface area contributed by atoms with E-state index in [0.29, 0.717) is 17.6 Å². The van der Waals surface area contributed by atoms with Gasteiger partial charge in [-0.15, -0.1) is 0 Å². The molecule has 0 spiro atoms. The fourth-order valence-electron chi connectivity index (χ4n) is 2.05. The minimum Gasteiger partial charge on any atom is -0.494 e. The number of carbonyl (C=O) groups is 1. The molecule has 22 heavy (non-hydrogen) atoms. The van der Waals surface area contributed by atoms with Crippen LogP contribution in [0.25, 0.3) is 16.8 Å². The standard InChI is InChI=1S/C16H19FN2O3/c1-6-21-10(2)13-11-7-8-19(14(11)18-9-12(13)17)15(20)22-16(3,4)5/h7-9H,2,6H2,1,3-5H3. The van der Waals surface area contributed by atoms with Gasteiger partial charge in [0.05, 0.1) is 18.4 Å². The lowest BCUT2D eigenvalue weighted by molar-refractivity contribution is 0.0543. The number of carbonyl (C=O) groups excluding carboxylic acids is 1. The number of fused-ring (bicyclic) bond motifs is 1. The van der Waals surface area contributed by atoms with E-state index in [9.17, 15) is 9.18 Å². The summed E-state index contributed by atoms with van der Waals surface area (Å²) in [5.41, 5.74) is -0.133. The number of rotatable bonds is 3. The summed E-state index contributed by atoms with van der Waals surface area (Å²) < 4.78 is 25.9. The maximum Gasteiger partial charge on any atom is 0.420 e. The molecule has 0 unspecified atom stereocenters. The summed E-state index contributed by atoms with van der Waals surface area (Å²) >= 11 is 0. The van der Waals surface area contributed by atoms with Crippen molar-refractivity contribution < 1.29 is 18.7 Å². The van der Waals surface area contributed by atoms with E-state index in [1.165, 1.54) is 10.8 Å². The topological polar surface area (TPSA) is 53.4 Å². The van der Waals surface area contributed by atoms with Gasteiger partial charge in [-0.05, 0) is 33.8 Å². The van der Waals surface area contributed by atoms with Crippen LogP contribution in [0.5, 0.6) is 0 Å². The Kier molecular flexibility index (Phi) is 4.21. The Morgan fingerprint density at radius 3 is 2.73 bits per heavy atom. The molecule has 0 fully saturated rings. The van der Waals surface area contributed by atoms with Gasteiger partial charge in [0.25, 0.3) is 0 Å². The van der Waals surface area contributed by atoms with E-state index in [4.69, 9.17) is 9.47 Å². The van der Waals surface area contributed by atoms with Crippen molar-refractivity contribution in [1.82, 2.24) is 9.55 Å². The molecule has 0 amide bonds. The minimum absolute atomic E-state index is 0.203. The monoisotopic (exact) mass is 306 g/mol. The van der Waals surface area contributed by atoms with Gasteiger partial charge in [-0.3, -0.25) is 0 Å².